The molecule has 23 heavy (non-hydrogen) atoms. The van der Waals surface area contributed by atoms with Crippen molar-refractivity contribution in [1.29, 1.82) is 5.26 Å². The topological polar surface area (TPSA) is 48.6 Å². The van der Waals surface area contributed by atoms with E-state index >= 15 is 0 Å². The van der Waals surface area contributed by atoms with Crippen molar-refractivity contribution in [2.75, 3.05) is 19.3 Å². The van der Waals surface area contributed by atoms with Crippen LogP contribution in [0.3, 0.4) is 0 Å². The van der Waals surface area contributed by atoms with Crippen LogP contribution in [0, 0.1) is 11.5 Å². The Morgan fingerprint density at radius 1 is 1.35 bits per heavy atom. The molecule has 0 radical (unpaired) electrons. The molecule has 1 aromatic rings. The lowest BCUT2D eigenvalue weighted by Crippen LogP contribution is -2.40. The molecular weight excluding hydrogens is 327 g/mol. The van der Waals surface area contributed by atoms with Crippen LogP contribution in [-0.2, 0) is 6.18 Å². The Labute approximate surface area is 136 Å². The van der Waals surface area contributed by atoms with E-state index in [1.807, 2.05) is 11.2 Å². The Hall–Kier alpha value is -1.88. The SMILES string of the molecule is CS/C(=N\C#N)N1CCC(Oc2ccccc2C(F)(F)F)CC1. The number of halogens is 3. The number of alkyl halides is 3. The van der Waals surface area contributed by atoms with Gasteiger partial charge in [0.25, 0.3) is 0 Å². The Bertz CT molecular complexity index is 605. The normalized spacial score (nSPS) is 17.0. The van der Waals surface area contributed by atoms with E-state index in [2.05, 4.69) is 4.99 Å². The van der Waals surface area contributed by atoms with Crippen molar-refractivity contribution in [3.05, 3.63) is 29.8 Å². The van der Waals surface area contributed by atoms with Crippen molar-refractivity contribution in [3.8, 4) is 11.9 Å². The van der Waals surface area contributed by atoms with Crippen molar-refractivity contribution >= 4 is 16.9 Å². The maximum Gasteiger partial charge on any atom is 0.419 e. The van der Waals surface area contributed by atoms with Gasteiger partial charge in [0.2, 0.25) is 6.19 Å². The van der Waals surface area contributed by atoms with E-state index in [0.717, 1.165) is 6.07 Å². The lowest BCUT2D eigenvalue weighted by molar-refractivity contribution is -0.139. The third-order valence-electron chi connectivity index (χ3n) is 3.53. The number of rotatable bonds is 2. The van der Waals surface area contributed by atoms with Crippen LogP contribution in [-0.4, -0.2) is 35.5 Å². The number of benzene rings is 1. The third kappa shape index (κ3) is 4.55. The number of nitriles is 1. The van der Waals surface area contributed by atoms with Crippen LogP contribution in [0.4, 0.5) is 13.2 Å². The Kier molecular flexibility index (Phi) is 5.77. The van der Waals surface area contributed by atoms with E-state index in [4.69, 9.17) is 10.00 Å². The molecule has 1 heterocycles. The highest BCUT2D eigenvalue weighted by Gasteiger charge is 2.35. The number of piperidine rings is 1. The molecular formula is C15H16F3N3OS. The van der Waals surface area contributed by atoms with Crippen LogP contribution in [0.5, 0.6) is 5.75 Å². The first-order chi connectivity index (χ1) is 11.0. The summed E-state index contributed by atoms with van der Waals surface area (Å²) in [6, 6.07) is 5.25. The minimum atomic E-state index is -4.43. The fraction of sp³-hybridized carbons (Fsp3) is 0.467. The second kappa shape index (κ2) is 7.59. The van der Waals surface area contributed by atoms with E-state index in [0.29, 0.717) is 31.1 Å². The van der Waals surface area contributed by atoms with Gasteiger partial charge in [0, 0.05) is 25.9 Å². The highest BCUT2D eigenvalue weighted by atomic mass is 32.2. The first-order valence-electron chi connectivity index (χ1n) is 7.04. The first kappa shape index (κ1) is 17.5. The Balaban J connectivity index is 2.01. The Morgan fingerprint density at radius 3 is 2.57 bits per heavy atom. The third-order valence-corrected chi connectivity index (χ3v) is 4.24. The fourth-order valence-electron chi connectivity index (χ4n) is 2.44. The monoisotopic (exact) mass is 343 g/mol. The average Bonchev–Trinajstić information content (AvgIpc) is 2.53. The van der Waals surface area contributed by atoms with E-state index in [9.17, 15) is 13.2 Å². The Morgan fingerprint density at radius 2 is 2.00 bits per heavy atom. The maximum absolute atomic E-state index is 13.0. The summed E-state index contributed by atoms with van der Waals surface area (Å²) in [5.74, 6) is -0.130. The molecule has 1 aliphatic heterocycles. The van der Waals surface area contributed by atoms with Crippen LogP contribution in [0.1, 0.15) is 18.4 Å². The van der Waals surface area contributed by atoms with Gasteiger partial charge in [-0.15, -0.1) is 4.99 Å². The lowest BCUT2D eigenvalue weighted by Gasteiger charge is -2.33. The lowest BCUT2D eigenvalue weighted by atomic mass is 10.1. The summed E-state index contributed by atoms with van der Waals surface area (Å²) in [6.07, 6.45) is 0.0475. The molecule has 0 unspecified atom stereocenters. The summed E-state index contributed by atoms with van der Waals surface area (Å²) in [5, 5.41) is 9.27. The zero-order chi connectivity index (χ0) is 16.9. The van der Waals surface area contributed by atoms with Crippen molar-refractivity contribution in [2.45, 2.75) is 25.1 Å². The van der Waals surface area contributed by atoms with Gasteiger partial charge in [-0.25, -0.2) is 0 Å². The van der Waals surface area contributed by atoms with Crippen molar-refractivity contribution in [1.82, 2.24) is 4.90 Å². The minimum Gasteiger partial charge on any atom is -0.490 e. The molecule has 0 amide bonds. The highest BCUT2D eigenvalue weighted by molar-refractivity contribution is 8.13. The van der Waals surface area contributed by atoms with Gasteiger partial charge in [0.1, 0.15) is 11.9 Å². The number of ether oxygens (including phenoxy) is 1. The molecule has 124 valence electrons. The molecule has 4 nitrogen and oxygen atoms in total. The summed E-state index contributed by atoms with van der Waals surface area (Å²) >= 11 is 1.38. The second-order valence-corrected chi connectivity index (χ2v) is 5.77. The fourth-order valence-corrected chi connectivity index (χ4v) is 3.01. The molecule has 8 heteroatoms. The van der Waals surface area contributed by atoms with Gasteiger partial charge in [0.05, 0.1) is 5.56 Å². The van der Waals surface area contributed by atoms with Crippen molar-refractivity contribution in [3.63, 3.8) is 0 Å². The average molecular weight is 343 g/mol. The van der Waals surface area contributed by atoms with Gasteiger partial charge in [-0.2, -0.15) is 18.4 Å². The summed E-state index contributed by atoms with van der Waals surface area (Å²) in [4.78, 5) is 5.69. The van der Waals surface area contributed by atoms with Crippen molar-refractivity contribution < 1.29 is 17.9 Å². The predicted molar refractivity (Wildman–Crippen MR) is 83.2 cm³/mol. The summed E-state index contributed by atoms with van der Waals surface area (Å²) in [6.45, 7) is 1.19. The van der Waals surface area contributed by atoms with Crippen molar-refractivity contribution in [2.24, 2.45) is 4.99 Å². The van der Waals surface area contributed by atoms with E-state index in [1.165, 1.54) is 30.0 Å². The van der Waals surface area contributed by atoms with E-state index in [1.54, 1.807) is 6.19 Å². The number of aliphatic imine (C=N–C) groups is 1. The van der Waals surface area contributed by atoms with Crippen LogP contribution in [0.25, 0.3) is 0 Å². The molecule has 1 aliphatic rings. The molecule has 1 aromatic carbocycles. The quantitative estimate of drug-likeness (QED) is 0.466. The van der Waals surface area contributed by atoms with Gasteiger partial charge in [-0.1, -0.05) is 23.9 Å². The number of hydrogen-bond donors (Lipinski definition) is 0. The molecule has 0 bridgehead atoms. The molecule has 1 saturated heterocycles. The van der Waals surface area contributed by atoms with Gasteiger partial charge in [-0.3, -0.25) is 0 Å². The van der Waals surface area contributed by atoms with Gasteiger partial charge < -0.3 is 9.64 Å². The molecule has 0 saturated carbocycles. The highest BCUT2D eigenvalue weighted by Crippen LogP contribution is 2.37. The van der Waals surface area contributed by atoms with Gasteiger partial charge >= 0.3 is 6.18 Å². The number of amidine groups is 1. The van der Waals surface area contributed by atoms with Crippen LogP contribution < -0.4 is 4.74 Å². The number of para-hydroxylation sites is 1. The number of hydrogen-bond acceptors (Lipinski definition) is 4. The van der Waals surface area contributed by atoms with Crippen LogP contribution >= 0.6 is 11.8 Å². The van der Waals surface area contributed by atoms with Crippen LogP contribution in [0.2, 0.25) is 0 Å². The molecule has 0 aliphatic carbocycles. The zero-order valence-electron chi connectivity index (χ0n) is 12.5. The minimum absolute atomic E-state index is 0.130. The van der Waals surface area contributed by atoms with Crippen LogP contribution in [0.15, 0.2) is 29.3 Å². The summed E-state index contributed by atoms with van der Waals surface area (Å²) in [7, 11) is 0. The van der Waals surface area contributed by atoms with E-state index in [-0.39, 0.29) is 11.9 Å². The predicted octanol–water partition coefficient (Wildman–Crippen LogP) is 3.75. The standard InChI is InChI=1S/C15H16F3N3OS/c1-23-14(20-10-19)21-8-6-11(7-9-21)22-13-5-3-2-4-12(13)15(16,17)18/h2-5,11H,6-9H2,1H3/b20-14-. The summed E-state index contributed by atoms with van der Waals surface area (Å²) < 4.78 is 44.5. The molecule has 1 fully saturated rings. The molecule has 2 rings (SSSR count). The van der Waals surface area contributed by atoms with Gasteiger partial charge in [-0.05, 0) is 18.4 Å². The maximum atomic E-state index is 13.0. The number of thioether (sulfide) groups is 1. The number of likely N-dealkylation sites (tertiary alicyclic amines) is 1. The second-order valence-electron chi connectivity index (χ2n) is 5.00. The zero-order valence-corrected chi connectivity index (χ0v) is 13.3. The molecule has 0 spiro atoms. The molecule has 0 atom stereocenters. The van der Waals surface area contributed by atoms with E-state index < -0.39 is 11.7 Å². The molecule has 0 aromatic heterocycles. The van der Waals surface area contributed by atoms with Gasteiger partial charge in [0.15, 0.2) is 5.17 Å². The largest absolute Gasteiger partial charge is 0.490 e. The summed E-state index contributed by atoms with van der Waals surface area (Å²) in [5.41, 5.74) is -0.752. The number of nitrogens with zero attached hydrogens (tertiary/aromatic N) is 3. The molecule has 0 N–H and O–H groups in total. The first-order valence-corrected chi connectivity index (χ1v) is 8.26. The smallest absolute Gasteiger partial charge is 0.419 e.